The van der Waals surface area contributed by atoms with Gasteiger partial charge in [-0.3, -0.25) is 5.10 Å². The van der Waals surface area contributed by atoms with Crippen molar-refractivity contribution in [2.24, 2.45) is 0 Å². The molecule has 0 amide bonds. The summed E-state index contributed by atoms with van der Waals surface area (Å²) >= 11 is 0. The van der Waals surface area contributed by atoms with Crippen LogP contribution in [0.3, 0.4) is 0 Å². The zero-order valence-electron chi connectivity index (χ0n) is 13.7. The maximum atomic E-state index is 14.2. The van der Waals surface area contributed by atoms with Gasteiger partial charge in [0.2, 0.25) is 0 Å². The van der Waals surface area contributed by atoms with Crippen molar-refractivity contribution in [3.05, 3.63) is 55.0 Å². The molecule has 3 aromatic heterocycles. The maximum absolute atomic E-state index is 14.2. The van der Waals surface area contributed by atoms with Gasteiger partial charge in [-0.25, -0.2) is 13.8 Å². The third-order valence-corrected chi connectivity index (χ3v) is 3.49. The normalized spacial score (nSPS) is 12.4. The molecule has 3 heterocycles. The average molecular weight is 356 g/mol. The molecule has 0 unspecified atom stereocenters. The van der Waals surface area contributed by atoms with Crippen molar-refractivity contribution in [1.82, 2.24) is 35.4 Å². The highest BCUT2D eigenvalue weighted by atomic mass is 19.2. The second kappa shape index (κ2) is 7.05. The van der Waals surface area contributed by atoms with E-state index in [1.54, 1.807) is 31.6 Å². The minimum absolute atomic E-state index is 0.0776. The molecule has 0 spiro atoms. The summed E-state index contributed by atoms with van der Waals surface area (Å²) < 4.78 is 28.9. The smallest absolute Gasteiger partial charge is 0.190 e. The fourth-order valence-electron chi connectivity index (χ4n) is 2.21. The molecule has 132 valence electrons. The minimum atomic E-state index is -1.19. The Balaban J connectivity index is 2.08. The van der Waals surface area contributed by atoms with Crippen LogP contribution < -0.4 is 5.73 Å². The SMILES string of the molecule is C=C(/C(F)=C(F)\C=C/C)n1nnnc1-c1cc(-c2cn[nH]c2)cnc1N. The predicted molar refractivity (Wildman–Crippen MR) is 92.4 cm³/mol. The van der Waals surface area contributed by atoms with Crippen LogP contribution in [0, 0.1) is 0 Å². The van der Waals surface area contributed by atoms with E-state index in [0.29, 0.717) is 11.1 Å². The van der Waals surface area contributed by atoms with E-state index in [1.165, 1.54) is 6.08 Å². The van der Waals surface area contributed by atoms with Gasteiger partial charge < -0.3 is 5.73 Å². The van der Waals surface area contributed by atoms with Crippen molar-refractivity contribution in [1.29, 1.82) is 0 Å². The highest BCUT2D eigenvalue weighted by molar-refractivity contribution is 5.77. The Morgan fingerprint density at radius 3 is 2.81 bits per heavy atom. The quantitative estimate of drug-likeness (QED) is 0.680. The molecule has 0 aliphatic rings. The van der Waals surface area contributed by atoms with Crippen LogP contribution in [0.15, 0.2) is 55.0 Å². The van der Waals surface area contributed by atoms with Crippen LogP contribution in [0.5, 0.6) is 0 Å². The molecule has 3 aromatic rings. The number of allylic oxidation sites excluding steroid dienone is 5. The van der Waals surface area contributed by atoms with Crippen molar-refractivity contribution < 1.29 is 8.78 Å². The Kier molecular flexibility index (Phi) is 4.65. The van der Waals surface area contributed by atoms with E-state index in [-0.39, 0.29) is 17.3 Å². The molecule has 0 saturated carbocycles. The van der Waals surface area contributed by atoms with Crippen molar-refractivity contribution in [2.75, 3.05) is 5.73 Å². The standard InChI is InChI=1S/C16H14F2N8/c1-3-4-13(17)14(18)9(2)26-16(23-24-25-26)12-5-10(6-20-15(12)19)11-7-21-22-8-11/h3-8H,2H2,1H3,(H2,19,20)(H,21,22)/b4-3-,14-13-. The van der Waals surface area contributed by atoms with Gasteiger partial charge in [0.1, 0.15) is 11.5 Å². The molecule has 3 rings (SSSR count). The lowest BCUT2D eigenvalue weighted by atomic mass is 10.1. The molecule has 0 saturated heterocycles. The highest BCUT2D eigenvalue weighted by Gasteiger charge is 2.20. The van der Waals surface area contributed by atoms with Crippen LogP contribution in [-0.2, 0) is 0 Å². The summed E-state index contributed by atoms with van der Waals surface area (Å²) in [5.74, 6) is -2.07. The number of nitrogens with two attached hydrogens (primary N) is 1. The number of nitrogens with zero attached hydrogens (tertiary/aromatic N) is 6. The fraction of sp³-hybridized carbons (Fsp3) is 0.0625. The number of pyridine rings is 1. The van der Waals surface area contributed by atoms with Crippen molar-refractivity contribution in [3.63, 3.8) is 0 Å². The molecule has 0 aliphatic carbocycles. The van der Waals surface area contributed by atoms with E-state index in [4.69, 9.17) is 5.73 Å². The third-order valence-electron chi connectivity index (χ3n) is 3.49. The summed E-state index contributed by atoms with van der Waals surface area (Å²) in [6.07, 6.45) is 7.17. The van der Waals surface area contributed by atoms with E-state index in [2.05, 4.69) is 37.3 Å². The first-order chi connectivity index (χ1) is 12.5. The molecule has 3 N–H and O–H groups in total. The monoisotopic (exact) mass is 356 g/mol. The molecule has 0 aliphatic heterocycles. The molecule has 8 nitrogen and oxygen atoms in total. The first kappa shape index (κ1) is 17.1. The number of anilines is 1. The largest absolute Gasteiger partial charge is 0.383 e. The molecule has 26 heavy (non-hydrogen) atoms. The molecule has 0 radical (unpaired) electrons. The number of halogens is 2. The number of hydrogen-bond donors (Lipinski definition) is 2. The summed E-state index contributed by atoms with van der Waals surface area (Å²) in [6.45, 7) is 5.09. The molecular formula is C16H14F2N8. The van der Waals surface area contributed by atoms with E-state index in [9.17, 15) is 8.78 Å². The number of nitrogens with one attached hydrogen (secondary N) is 1. The number of hydrogen-bond acceptors (Lipinski definition) is 6. The van der Waals surface area contributed by atoms with Crippen LogP contribution >= 0.6 is 0 Å². The van der Waals surface area contributed by atoms with Gasteiger partial charge >= 0.3 is 0 Å². The zero-order valence-corrected chi connectivity index (χ0v) is 13.7. The summed E-state index contributed by atoms with van der Waals surface area (Å²) in [5.41, 5.74) is 7.36. The molecule has 0 aromatic carbocycles. The Bertz CT molecular complexity index is 1000. The summed E-state index contributed by atoms with van der Waals surface area (Å²) in [5, 5.41) is 17.6. The summed E-state index contributed by atoms with van der Waals surface area (Å²) in [7, 11) is 0. The first-order valence-corrected chi connectivity index (χ1v) is 7.44. The number of rotatable bonds is 5. The van der Waals surface area contributed by atoms with E-state index in [0.717, 1.165) is 16.3 Å². The zero-order chi connectivity index (χ0) is 18.7. The number of nitrogen functional groups attached to an aromatic ring is 1. The van der Waals surface area contributed by atoms with Gasteiger partial charge in [0.25, 0.3) is 0 Å². The second-order valence-electron chi connectivity index (χ2n) is 5.17. The van der Waals surface area contributed by atoms with Gasteiger partial charge in [0, 0.05) is 23.5 Å². The van der Waals surface area contributed by atoms with Gasteiger partial charge in [-0.2, -0.15) is 9.78 Å². The van der Waals surface area contributed by atoms with Gasteiger partial charge in [-0.05, 0) is 29.5 Å². The average Bonchev–Trinajstić information content (AvgIpc) is 3.33. The fourth-order valence-corrected chi connectivity index (χ4v) is 2.21. The summed E-state index contributed by atoms with van der Waals surface area (Å²) in [4.78, 5) is 4.11. The van der Waals surface area contributed by atoms with Crippen molar-refractivity contribution in [3.8, 4) is 22.5 Å². The number of tetrazole rings is 1. The lowest BCUT2D eigenvalue weighted by Crippen LogP contribution is -2.05. The lowest BCUT2D eigenvalue weighted by molar-refractivity contribution is 0.567. The van der Waals surface area contributed by atoms with Gasteiger partial charge in [-0.15, -0.1) is 5.10 Å². The predicted octanol–water partition coefficient (Wildman–Crippen LogP) is 2.90. The second-order valence-corrected chi connectivity index (χ2v) is 5.17. The molecule has 0 fully saturated rings. The van der Waals surface area contributed by atoms with Crippen LogP contribution in [0.4, 0.5) is 14.6 Å². The molecular weight excluding hydrogens is 342 g/mol. The van der Waals surface area contributed by atoms with Gasteiger partial charge in [0.05, 0.1) is 11.8 Å². The lowest BCUT2D eigenvalue weighted by Gasteiger charge is -2.09. The Morgan fingerprint density at radius 1 is 1.31 bits per heavy atom. The van der Waals surface area contributed by atoms with E-state index >= 15 is 0 Å². The topological polar surface area (TPSA) is 111 Å². The number of aromatic amines is 1. The summed E-state index contributed by atoms with van der Waals surface area (Å²) in [6, 6.07) is 1.67. The van der Waals surface area contributed by atoms with Crippen LogP contribution in [0.25, 0.3) is 28.2 Å². The Labute approximate surface area is 146 Å². The third kappa shape index (κ3) is 3.11. The molecule has 0 bridgehead atoms. The highest BCUT2D eigenvalue weighted by Crippen LogP contribution is 2.30. The number of H-pyrrole nitrogens is 1. The van der Waals surface area contributed by atoms with Crippen molar-refractivity contribution in [2.45, 2.75) is 6.92 Å². The molecule has 10 heteroatoms. The molecule has 0 atom stereocenters. The maximum Gasteiger partial charge on any atom is 0.190 e. The minimum Gasteiger partial charge on any atom is -0.383 e. The van der Waals surface area contributed by atoms with Crippen LogP contribution in [-0.4, -0.2) is 35.4 Å². The number of aromatic nitrogens is 7. The van der Waals surface area contributed by atoms with E-state index < -0.39 is 11.7 Å². The first-order valence-electron chi connectivity index (χ1n) is 7.44. The van der Waals surface area contributed by atoms with Gasteiger partial charge in [0.15, 0.2) is 17.5 Å². The van der Waals surface area contributed by atoms with Crippen LogP contribution in [0.1, 0.15) is 6.92 Å². The Hall–Kier alpha value is -3.69. The van der Waals surface area contributed by atoms with Crippen LogP contribution in [0.2, 0.25) is 0 Å². The van der Waals surface area contributed by atoms with Gasteiger partial charge in [-0.1, -0.05) is 12.7 Å². The Morgan fingerprint density at radius 2 is 2.12 bits per heavy atom. The van der Waals surface area contributed by atoms with Crippen molar-refractivity contribution >= 4 is 11.5 Å². The van der Waals surface area contributed by atoms with E-state index in [1.807, 2.05) is 0 Å².